The Labute approximate surface area is 145 Å². The minimum atomic E-state index is -0.457. The van der Waals surface area contributed by atoms with Crippen LogP contribution in [0.1, 0.15) is 31.2 Å². The molecule has 0 bridgehead atoms. The van der Waals surface area contributed by atoms with Crippen molar-refractivity contribution in [3.05, 3.63) is 39.5 Å². The molecule has 0 radical (unpaired) electrons. The van der Waals surface area contributed by atoms with Crippen LogP contribution in [0.4, 0.5) is 5.69 Å². The monoisotopic (exact) mass is 352 g/mol. The number of aryl methyl sites for hydroxylation is 1. The normalized spacial score (nSPS) is 19.6. The molecule has 3 rings (SSSR count). The first-order valence-corrected chi connectivity index (χ1v) is 8.56. The lowest BCUT2D eigenvalue weighted by molar-refractivity contribution is -0.121. The number of halogens is 2. The number of amides is 2. The van der Waals surface area contributed by atoms with E-state index in [0.29, 0.717) is 16.4 Å². The summed E-state index contributed by atoms with van der Waals surface area (Å²) in [6, 6.07) is 5.08. The van der Waals surface area contributed by atoms with Crippen molar-refractivity contribution in [1.29, 1.82) is 0 Å². The predicted octanol–water partition coefficient (Wildman–Crippen LogP) is 3.85. The third kappa shape index (κ3) is 2.98. The van der Waals surface area contributed by atoms with Gasteiger partial charge < -0.3 is 4.90 Å². The van der Waals surface area contributed by atoms with Crippen LogP contribution in [0, 0.1) is 6.92 Å². The van der Waals surface area contributed by atoms with Crippen LogP contribution in [0.15, 0.2) is 28.9 Å². The van der Waals surface area contributed by atoms with Crippen molar-refractivity contribution >= 4 is 40.7 Å². The van der Waals surface area contributed by atoms with Crippen LogP contribution in [0.2, 0.25) is 5.02 Å². The molecule has 0 unspecified atom stereocenters. The van der Waals surface area contributed by atoms with E-state index in [-0.39, 0.29) is 10.9 Å². The molecule has 0 aromatic heterocycles. The van der Waals surface area contributed by atoms with Crippen molar-refractivity contribution < 1.29 is 9.59 Å². The molecule has 4 nitrogen and oxygen atoms in total. The molecule has 0 atom stereocenters. The van der Waals surface area contributed by atoms with Gasteiger partial charge in [0.1, 0.15) is 10.7 Å². The summed E-state index contributed by atoms with van der Waals surface area (Å²) >= 11 is 12.2. The Kier molecular flexibility index (Phi) is 4.64. The summed E-state index contributed by atoms with van der Waals surface area (Å²) in [4.78, 5) is 28.5. The van der Waals surface area contributed by atoms with Gasteiger partial charge in [-0.15, -0.1) is 0 Å². The van der Waals surface area contributed by atoms with Gasteiger partial charge in [0.15, 0.2) is 0 Å². The summed E-state index contributed by atoms with van der Waals surface area (Å²) < 4.78 is 0. The minimum Gasteiger partial charge on any atom is -0.366 e. The topological polar surface area (TPSA) is 40.6 Å². The van der Waals surface area contributed by atoms with Crippen molar-refractivity contribution in [1.82, 2.24) is 4.90 Å². The maximum Gasteiger partial charge on any atom is 0.283 e. The van der Waals surface area contributed by atoms with Gasteiger partial charge in [-0.25, -0.2) is 4.90 Å². The first kappa shape index (κ1) is 16.3. The summed E-state index contributed by atoms with van der Waals surface area (Å²) in [6.45, 7) is 3.34. The van der Waals surface area contributed by atoms with E-state index in [1.165, 1.54) is 0 Å². The lowest BCUT2D eigenvalue weighted by Crippen LogP contribution is -2.36. The van der Waals surface area contributed by atoms with E-state index < -0.39 is 5.91 Å². The van der Waals surface area contributed by atoms with E-state index in [4.69, 9.17) is 23.2 Å². The second kappa shape index (κ2) is 6.54. The van der Waals surface area contributed by atoms with Gasteiger partial charge in [0, 0.05) is 18.1 Å². The standard InChI is InChI=1S/C17H18Cl2N2O2/c1-11-10-12(18)6-7-13(11)21-16(22)14(19)15(17(21)23)20-8-4-2-3-5-9-20/h6-7,10H,2-5,8-9H2,1H3. The average molecular weight is 353 g/mol. The van der Waals surface area contributed by atoms with Crippen molar-refractivity contribution in [2.24, 2.45) is 0 Å². The van der Waals surface area contributed by atoms with E-state index in [9.17, 15) is 9.59 Å². The van der Waals surface area contributed by atoms with E-state index in [1.54, 1.807) is 18.2 Å². The van der Waals surface area contributed by atoms with Gasteiger partial charge in [0.2, 0.25) is 0 Å². The molecule has 0 spiro atoms. The third-order valence-corrected chi connectivity index (χ3v) is 4.90. The van der Waals surface area contributed by atoms with E-state index in [1.807, 2.05) is 11.8 Å². The van der Waals surface area contributed by atoms with Gasteiger partial charge in [-0.1, -0.05) is 36.0 Å². The maximum absolute atomic E-state index is 12.9. The Hall–Kier alpha value is -1.52. The summed E-state index contributed by atoms with van der Waals surface area (Å²) in [5, 5.41) is 0.586. The fourth-order valence-corrected chi connectivity index (χ4v) is 3.66. The highest BCUT2D eigenvalue weighted by atomic mass is 35.5. The summed E-state index contributed by atoms with van der Waals surface area (Å²) in [5.74, 6) is -0.798. The van der Waals surface area contributed by atoms with Gasteiger partial charge in [-0.05, 0) is 43.5 Å². The van der Waals surface area contributed by atoms with Crippen LogP contribution >= 0.6 is 23.2 Å². The fraction of sp³-hybridized carbons (Fsp3) is 0.412. The molecule has 0 saturated carbocycles. The lowest BCUT2D eigenvalue weighted by Gasteiger charge is -2.24. The number of hydrogen-bond donors (Lipinski definition) is 0. The van der Waals surface area contributed by atoms with Gasteiger partial charge in [-0.3, -0.25) is 9.59 Å². The number of anilines is 1. The Morgan fingerprint density at radius 3 is 2.22 bits per heavy atom. The van der Waals surface area contributed by atoms with Crippen molar-refractivity contribution in [2.45, 2.75) is 32.6 Å². The number of imide groups is 1. The molecule has 1 fully saturated rings. The zero-order valence-electron chi connectivity index (χ0n) is 12.9. The largest absolute Gasteiger partial charge is 0.366 e. The molecule has 1 saturated heterocycles. The molecular formula is C17H18Cl2N2O2. The third-order valence-electron chi connectivity index (χ3n) is 4.33. The number of hydrogen-bond acceptors (Lipinski definition) is 3. The van der Waals surface area contributed by atoms with Crippen LogP contribution < -0.4 is 4.90 Å². The van der Waals surface area contributed by atoms with Crippen LogP contribution in [0.25, 0.3) is 0 Å². The second-order valence-corrected chi connectivity index (χ2v) is 6.75. The fourth-order valence-electron chi connectivity index (χ4n) is 3.15. The number of rotatable bonds is 2. The smallest absolute Gasteiger partial charge is 0.283 e. The quantitative estimate of drug-likeness (QED) is 0.759. The summed E-state index contributed by atoms with van der Waals surface area (Å²) in [5.41, 5.74) is 1.64. The molecule has 0 N–H and O–H groups in total. The van der Waals surface area contributed by atoms with Crippen LogP contribution in [-0.2, 0) is 9.59 Å². The Bertz CT molecular complexity index is 692. The molecular weight excluding hydrogens is 335 g/mol. The van der Waals surface area contributed by atoms with E-state index in [2.05, 4.69) is 0 Å². The summed E-state index contributed by atoms with van der Waals surface area (Å²) in [6.07, 6.45) is 4.30. The number of carbonyl (C=O) groups is 2. The van der Waals surface area contributed by atoms with E-state index >= 15 is 0 Å². The number of nitrogens with zero attached hydrogens (tertiary/aromatic N) is 2. The van der Waals surface area contributed by atoms with Crippen molar-refractivity contribution in [3.63, 3.8) is 0 Å². The summed E-state index contributed by atoms with van der Waals surface area (Å²) in [7, 11) is 0. The van der Waals surface area contributed by atoms with Gasteiger partial charge >= 0.3 is 0 Å². The average Bonchev–Trinajstić information content (AvgIpc) is 2.71. The van der Waals surface area contributed by atoms with E-state index in [0.717, 1.165) is 49.2 Å². The first-order chi connectivity index (χ1) is 11.0. The van der Waals surface area contributed by atoms with Crippen molar-refractivity contribution in [2.75, 3.05) is 18.0 Å². The molecule has 6 heteroatoms. The first-order valence-electron chi connectivity index (χ1n) is 7.80. The van der Waals surface area contributed by atoms with Crippen LogP contribution in [0.3, 0.4) is 0 Å². The molecule has 1 aromatic carbocycles. The Balaban J connectivity index is 1.95. The SMILES string of the molecule is Cc1cc(Cl)ccc1N1C(=O)C(Cl)=C(N2CCCCCC2)C1=O. The molecule has 2 amide bonds. The van der Waals surface area contributed by atoms with Gasteiger partial charge in [0.05, 0.1) is 5.69 Å². The maximum atomic E-state index is 12.9. The molecule has 2 heterocycles. The molecule has 2 aliphatic rings. The number of carbonyl (C=O) groups excluding carboxylic acids is 2. The number of likely N-dealkylation sites (tertiary alicyclic amines) is 1. The highest BCUT2D eigenvalue weighted by molar-refractivity contribution is 6.52. The zero-order chi connectivity index (χ0) is 16.6. The molecule has 2 aliphatic heterocycles. The van der Waals surface area contributed by atoms with Crippen molar-refractivity contribution in [3.8, 4) is 0 Å². The predicted molar refractivity (Wildman–Crippen MR) is 91.6 cm³/mol. The highest BCUT2D eigenvalue weighted by Gasteiger charge is 2.41. The highest BCUT2D eigenvalue weighted by Crippen LogP contribution is 2.34. The molecule has 1 aromatic rings. The lowest BCUT2D eigenvalue weighted by atomic mass is 10.2. The molecule has 0 aliphatic carbocycles. The Morgan fingerprint density at radius 2 is 1.61 bits per heavy atom. The molecule has 23 heavy (non-hydrogen) atoms. The minimum absolute atomic E-state index is 0.0197. The second-order valence-electron chi connectivity index (χ2n) is 5.94. The Morgan fingerprint density at radius 1 is 0.957 bits per heavy atom. The zero-order valence-corrected chi connectivity index (χ0v) is 14.5. The van der Waals surface area contributed by atoms with Crippen LogP contribution in [-0.4, -0.2) is 29.8 Å². The number of benzene rings is 1. The van der Waals surface area contributed by atoms with Crippen LogP contribution in [0.5, 0.6) is 0 Å². The van der Waals surface area contributed by atoms with Gasteiger partial charge in [-0.2, -0.15) is 0 Å². The molecule has 122 valence electrons. The van der Waals surface area contributed by atoms with Gasteiger partial charge in [0.25, 0.3) is 11.8 Å².